The molecule has 106 valence electrons. The van der Waals surface area contributed by atoms with Gasteiger partial charge >= 0.3 is 0 Å². The van der Waals surface area contributed by atoms with E-state index >= 15 is 0 Å². The van der Waals surface area contributed by atoms with Crippen molar-refractivity contribution in [2.75, 3.05) is 30.4 Å². The minimum absolute atomic E-state index is 0.0299. The number of hydrogen-bond donors (Lipinski definition) is 2. The van der Waals surface area contributed by atoms with E-state index in [1.807, 2.05) is 20.1 Å². The molecule has 6 heteroatoms. The number of hydrogen-bond acceptors (Lipinski definition) is 4. The summed E-state index contributed by atoms with van der Waals surface area (Å²) in [6, 6.07) is 1.39. The van der Waals surface area contributed by atoms with Gasteiger partial charge in [0.2, 0.25) is 0 Å². The molecule has 1 atom stereocenters. The van der Waals surface area contributed by atoms with Gasteiger partial charge in [0.15, 0.2) is 11.6 Å². The number of carbonyl (C=O) groups excluding carboxylic acids is 1. The van der Waals surface area contributed by atoms with Crippen molar-refractivity contribution >= 4 is 23.5 Å². The first-order chi connectivity index (χ1) is 9.10. The highest BCUT2D eigenvalue weighted by molar-refractivity contribution is 7.98. The summed E-state index contributed by atoms with van der Waals surface area (Å²) in [4.78, 5) is 15.8. The average Bonchev–Trinajstić information content (AvgIpc) is 2.39. The van der Waals surface area contributed by atoms with Crippen LogP contribution in [0.4, 0.5) is 10.2 Å². The highest BCUT2D eigenvalue weighted by atomic mass is 32.2. The van der Waals surface area contributed by atoms with Crippen molar-refractivity contribution in [2.24, 2.45) is 5.92 Å². The lowest BCUT2D eigenvalue weighted by molar-refractivity contribution is 0.0945. The second kappa shape index (κ2) is 7.99. The van der Waals surface area contributed by atoms with Gasteiger partial charge in [-0.3, -0.25) is 4.79 Å². The second-order valence-electron chi connectivity index (χ2n) is 4.32. The van der Waals surface area contributed by atoms with Gasteiger partial charge in [-0.25, -0.2) is 9.37 Å². The van der Waals surface area contributed by atoms with Gasteiger partial charge in [0.05, 0.1) is 5.56 Å². The molecule has 0 spiro atoms. The smallest absolute Gasteiger partial charge is 0.254 e. The van der Waals surface area contributed by atoms with Crippen LogP contribution in [0, 0.1) is 11.7 Å². The molecule has 0 fully saturated rings. The van der Waals surface area contributed by atoms with Crippen LogP contribution in [0.1, 0.15) is 24.2 Å². The van der Waals surface area contributed by atoms with Gasteiger partial charge in [-0.1, -0.05) is 6.92 Å². The first-order valence-corrected chi connectivity index (χ1v) is 7.65. The Kier molecular flexibility index (Phi) is 6.62. The zero-order chi connectivity index (χ0) is 14.3. The van der Waals surface area contributed by atoms with Crippen LogP contribution < -0.4 is 10.6 Å². The van der Waals surface area contributed by atoms with E-state index in [0.717, 1.165) is 5.75 Å². The van der Waals surface area contributed by atoms with Crippen molar-refractivity contribution in [3.05, 3.63) is 23.6 Å². The first-order valence-electron chi connectivity index (χ1n) is 6.25. The number of carbonyl (C=O) groups is 1. The molecule has 2 N–H and O–H groups in total. The zero-order valence-corrected chi connectivity index (χ0v) is 12.3. The lowest BCUT2D eigenvalue weighted by Gasteiger charge is -2.12. The molecule has 0 aliphatic heterocycles. The van der Waals surface area contributed by atoms with Crippen LogP contribution >= 0.6 is 11.8 Å². The Hall–Kier alpha value is -1.30. The third-order valence-corrected chi connectivity index (χ3v) is 3.44. The molecular weight excluding hydrogens is 265 g/mol. The number of nitrogens with one attached hydrogen (secondary N) is 2. The topological polar surface area (TPSA) is 54.0 Å². The number of aromatic nitrogens is 1. The molecule has 1 unspecified atom stereocenters. The summed E-state index contributed by atoms with van der Waals surface area (Å²) < 4.78 is 14.0. The van der Waals surface area contributed by atoms with Crippen molar-refractivity contribution in [1.29, 1.82) is 0 Å². The number of halogens is 1. The molecule has 1 aromatic heterocycles. The third-order valence-electron chi connectivity index (χ3n) is 2.54. The van der Waals surface area contributed by atoms with E-state index in [-0.39, 0.29) is 11.4 Å². The minimum atomic E-state index is -0.598. The van der Waals surface area contributed by atoms with Crippen LogP contribution in [0.25, 0.3) is 0 Å². The molecule has 0 bridgehead atoms. The van der Waals surface area contributed by atoms with Crippen LogP contribution in [0.5, 0.6) is 0 Å². The molecule has 19 heavy (non-hydrogen) atoms. The van der Waals surface area contributed by atoms with Crippen molar-refractivity contribution in [3.8, 4) is 0 Å². The van der Waals surface area contributed by atoms with Crippen molar-refractivity contribution in [2.45, 2.75) is 13.8 Å². The second-order valence-corrected chi connectivity index (χ2v) is 5.23. The largest absolute Gasteiger partial charge is 0.368 e. The summed E-state index contributed by atoms with van der Waals surface area (Å²) >= 11 is 1.72. The predicted octanol–water partition coefficient (Wildman–Crippen LogP) is 2.38. The van der Waals surface area contributed by atoms with Gasteiger partial charge < -0.3 is 10.6 Å². The van der Waals surface area contributed by atoms with E-state index in [2.05, 4.69) is 15.6 Å². The maximum Gasteiger partial charge on any atom is 0.254 e. The summed E-state index contributed by atoms with van der Waals surface area (Å²) in [5, 5.41) is 5.53. The van der Waals surface area contributed by atoms with Crippen molar-refractivity contribution in [1.82, 2.24) is 10.3 Å². The van der Waals surface area contributed by atoms with Gasteiger partial charge in [-0.15, -0.1) is 0 Å². The fraction of sp³-hybridized carbons (Fsp3) is 0.538. The molecule has 0 saturated carbocycles. The monoisotopic (exact) mass is 285 g/mol. The first kappa shape index (κ1) is 15.8. The summed E-state index contributed by atoms with van der Waals surface area (Å²) in [7, 11) is 0. The molecule has 1 heterocycles. The Labute approximate surface area is 117 Å². The number of amides is 1. The van der Waals surface area contributed by atoms with Gasteiger partial charge in [-0.05, 0) is 30.9 Å². The molecule has 0 aromatic carbocycles. The quantitative estimate of drug-likeness (QED) is 0.807. The lowest BCUT2D eigenvalue weighted by Crippen LogP contribution is -2.30. The Balaban J connectivity index is 2.69. The number of nitrogens with zero attached hydrogens (tertiary/aromatic N) is 1. The summed E-state index contributed by atoms with van der Waals surface area (Å²) in [6.07, 6.45) is 3.45. The van der Waals surface area contributed by atoms with Crippen molar-refractivity contribution in [3.63, 3.8) is 0 Å². The van der Waals surface area contributed by atoms with Crippen LogP contribution in [-0.2, 0) is 0 Å². The highest BCUT2D eigenvalue weighted by Crippen LogP contribution is 2.14. The SMILES string of the molecule is CCNc1nccc(C(=O)NCC(C)CSC)c1F. The highest BCUT2D eigenvalue weighted by Gasteiger charge is 2.16. The summed E-state index contributed by atoms with van der Waals surface area (Å²) in [5.41, 5.74) is 0.0299. The maximum absolute atomic E-state index is 14.0. The molecule has 0 aliphatic rings. The van der Waals surface area contributed by atoms with E-state index in [0.29, 0.717) is 19.0 Å². The van der Waals surface area contributed by atoms with E-state index in [1.165, 1.54) is 12.3 Å². The normalized spacial score (nSPS) is 12.0. The van der Waals surface area contributed by atoms with Crippen LogP contribution in [0.2, 0.25) is 0 Å². The Morgan fingerprint density at radius 2 is 2.32 bits per heavy atom. The minimum Gasteiger partial charge on any atom is -0.368 e. The molecule has 0 saturated heterocycles. The number of rotatable bonds is 7. The number of pyridine rings is 1. The maximum atomic E-state index is 14.0. The summed E-state index contributed by atoms with van der Waals surface area (Å²) in [5.74, 6) is 0.442. The third kappa shape index (κ3) is 4.70. The molecule has 1 amide bonds. The predicted molar refractivity (Wildman–Crippen MR) is 78.2 cm³/mol. The standard InChI is InChI=1S/C13H20FN3OS/c1-4-15-12-11(14)10(5-6-16-12)13(18)17-7-9(2)8-19-3/h5-6,9H,4,7-8H2,1-3H3,(H,15,16)(H,17,18). The molecule has 0 aliphatic carbocycles. The Morgan fingerprint density at radius 3 is 2.95 bits per heavy atom. The summed E-state index contributed by atoms with van der Waals surface area (Å²) in [6.45, 7) is 4.99. The molecule has 1 rings (SSSR count). The van der Waals surface area contributed by atoms with Crippen LogP contribution in [0.15, 0.2) is 12.3 Å². The average molecular weight is 285 g/mol. The number of thioether (sulfide) groups is 1. The Morgan fingerprint density at radius 1 is 1.58 bits per heavy atom. The lowest BCUT2D eigenvalue weighted by atomic mass is 10.2. The molecule has 4 nitrogen and oxygen atoms in total. The van der Waals surface area contributed by atoms with Gasteiger partial charge in [0.1, 0.15) is 0 Å². The van der Waals surface area contributed by atoms with E-state index in [1.54, 1.807) is 11.8 Å². The van der Waals surface area contributed by atoms with E-state index in [9.17, 15) is 9.18 Å². The molecular formula is C13H20FN3OS. The van der Waals surface area contributed by atoms with Crippen LogP contribution in [0.3, 0.4) is 0 Å². The van der Waals surface area contributed by atoms with Crippen molar-refractivity contribution < 1.29 is 9.18 Å². The molecule has 0 radical (unpaired) electrons. The van der Waals surface area contributed by atoms with Gasteiger partial charge in [0, 0.05) is 19.3 Å². The fourth-order valence-corrected chi connectivity index (χ4v) is 2.30. The van der Waals surface area contributed by atoms with E-state index in [4.69, 9.17) is 0 Å². The van der Waals surface area contributed by atoms with Gasteiger partial charge in [0.25, 0.3) is 5.91 Å². The zero-order valence-electron chi connectivity index (χ0n) is 11.5. The fourth-order valence-electron chi connectivity index (χ4n) is 1.62. The molecule has 1 aromatic rings. The number of anilines is 1. The van der Waals surface area contributed by atoms with E-state index < -0.39 is 11.7 Å². The Bertz CT molecular complexity index is 428. The van der Waals surface area contributed by atoms with Crippen LogP contribution in [-0.4, -0.2) is 36.0 Å². The van der Waals surface area contributed by atoms with Gasteiger partial charge in [-0.2, -0.15) is 11.8 Å².